The van der Waals surface area contributed by atoms with Crippen LogP contribution in [0.2, 0.25) is 5.02 Å². The van der Waals surface area contributed by atoms with Gasteiger partial charge in [0.05, 0.1) is 13.2 Å². The normalized spacial score (nSPS) is 12.6. The smallest absolute Gasteiger partial charge is 0.342 e. The quantitative estimate of drug-likeness (QED) is 0.158. The van der Waals surface area contributed by atoms with Gasteiger partial charge in [0.25, 0.3) is 0 Å². The van der Waals surface area contributed by atoms with E-state index in [-0.39, 0.29) is 11.9 Å². The number of esters is 1. The minimum Gasteiger partial charge on any atom is -0.467 e. The van der Waals surface area contributed by atoms with Gasteiger partial charge in [-0.2, -0.15) is 0 Å². The van der Waals surface area contributed by atoms with Gasteiger partial charge in [-0.05, 0) is 42.9 Å². The zero-order valence-corrected chi connectivity index (χ0v) is 21.2. The summed E-state index contributed by atoms with van der Waals surface area (Å²) in [6.45, 7) is 4.10. The molecule has 0 fully saturated rings. The maximum Gasteiger partial charge on any atom is 0.342 e. The highest BCUT2D eigenvalue weighted by Gasteiger charge is 2.33. The van der Waals surface area contributed by atoms with Gasteiger partial charge in [0, 0.05) is 11.4 Å². The topological polar surface area (TPSA) is 55.4 Å². The Morgan fingerprint density at radius 3 is 2.06 bits per heavy atom. The zero-order chi connectivity index (χ0) is 23.3. The first-order chi connectivity index (χ1) is 14.7. The number of benzene rings is 1. The molecule has 0 aromatic heterocycles. The van der Waals surface area contributed by atoms with Crippen LogP contribution in [0.4, 0.5) is 0 Å². The van der Waals surface area contributed by atoms with E-state index in [2.05, 4.69) is 10.1 Å². The Morgan fingerprint density at radius 1 is 0.968 bits per heavy atom. The largest absolute Gasteiger partial charge is 0.467 e. The molecule has 1 amide bonds. The summed E-state index contributed by atoms with van der Waals surface area (Å²) in [6, 6.07) is 7.74. The lowest BCUT2D eigenvalue weighted by molar-refractivity contribution is -0.141. The van der Waals surface area contributed by atoms with Crippen molar-refractivity contribution in [2.45, 2.75) is 88.4 Å². The third-order valence-electron chi connectivity index (χ3n) is 5.17. The number of carbonyl (C=O) groups is 2. The summed E-state index contributed by atoms with van der Waals surface area (Å²) in [6.07, 6.45) is 9.12. The molecule has 0 radical (unpaired) electrons. The lowest BCUT2D eigenvalue weighted by Gasteiger charge is -2.20. The van der Waals surface area contributed by atoms with Gasteiger partial charge in [-0.15, -0.1) is 0 Å². The second-order valence-corrected chi connectivity index (χ2v) is 10.4. The number of unbranched alkanes of at least 4 members (excludes halogenated alkanes) is 6. The van der Waals surface area contributed by atoms with E-state index in [4.69, 9.17) is 34.8 Å². The number of halogens is 3. The van der Waals surface area contributed by atoms with Crippen molar-refractivity contribution >= 4 is 46.7 Å². The number of ether oxygens (including phenoxy) is 1. The van der Waals surface area contributed by atoms with E-state index in [1.165, 1.54) is 7.11 Å². The number of hydrogen-bond acceptors (Lipinski definition) is 3. The number of nitrogens with one attached hydrogen (secondary N) is 1. The predicted octanol–water partition coefficient (Wildman–Crippen LogP) is 7.40. The maximum absolute atomic E-state index is 12.3. The Labute approximate surface area is 202 Å². The molecule has 1 aromatic rings. The molecule has 7 heteroatoms. The lowest BCUT2D eigenvalue weighted by Crippen LogP contribution is -2.29. The van der Waals surface area contributed by atoms with Gasteiger partial charge in [-0.3, -0.25) is 4.79 Å². The first kappa shape index (κ1) is 28.1. The van der Waals surface area contributed by atoms with E-state index in [0.717, 1.165) is 56.9 Å². The number of rotatable bonds is 15. The molecule has 0 aliphatic heterocycles. The van der Waals surface area contributed by atoms with Crippen LogP contribution in [0.5, 0.6) is 0 Å². The molecule has 0 aliphatic rings. The average molecular weight is 493 g/mol. The molecular formula is C24H36Cl3NO3. The Bertz CT molecular complexity index is 663. The Kier molecular flexibility index (Phi) is 13.6. The van der Waals surface area contributed by atoms with Crippen molar-refractivity contribution in [1.29, 1.82) is 0 Å². The van der Waals surface area contributed by atoms with Crippen LogP contribution in [-0.4, -0.2) is 23.3 Å². The van der Waals surface area contributed by atoms with Crippen molar-refractivity contribution in [3.63, 3.8) is 0 Å². The summed E-state index contributed by atoms with van der Waals surface area (Å²) in [7, 11) is 1.29. The molecule has 176 valence electrons. The van der Waals surface area contributed by atoms with Crippen LogP contribution in [0.3, 0.4) is 0 Å². The van der Waals surface area contributed by atoms with E-state index in [1.807, 2.05) is 38.1 Å². The van der Waals surface area contributed by atoms with Crippen molar-refractivity contribution < 1.29 is 14.3 Å². The molecule has 1 rings (SSSR count). The van der Waals surface area contributed by atoms with Crippen LogP contribution in [0, 0.1) is 5.92 Å². The summed E-state index contributed by atoms with van der Waals surface area (Å²) in [4.78, 5) is 23.7. The summed E-state index contributed by atoms with van der Waals surface area (Å²) < 4.78 is 3.16. The van der Waals surface area contributed by atoms with Crippen LogP contribution in [-0.2, 0) is 14.3 Å². The monoisotopic (exact) mass is 491 g/mol. The molecule has 1 unspecified atom stereocenters. The number of amides is 1. The van der Waals surface area contributed by atoms with E-state index < -0.39 is 10.3 Å². The second kappa shape index (κ2) is 15.0. The summed E-state index contributed by atoms with van der Waals surface area (Å²) in [5.41, 5.74) is 1.10. The van der Waals surface area contributed by atoms with Crippen molar-refractivity contribution in [2.24, 2.45) is 5.92 Å². The van der Waals surface area contributed by atoms with Crippen LogP contribution in [0.25, 0.3) is 0 Å². The number of methoxy groups -OCH3 is 1. The van der Waals surface area contributed by atoms with Gasteiger partial charge in [-0.1, -0.05) is 99.3 Å². The molecule has 0 heterocycles. The number of carbonyl (C=O) groups excluding carboxylic acids is 2. The predicted molar refractivity (Wildman–Crippen MR) is 130 cm³/mol. The molecule has 0 spiro atoms. The SMILES string of the molecule is COC(=O)C(Cl)(Cl)CCCCCCCCCC(NC(=O)CC(C)C)c1ccc(Cl)cc1. The fraction of sp³-hybridized carbons (Fsp3) is 0.667. The molecule has 1 aromatic carbocycles. The third-order valence-corrected chi connectivity index (χ3v) is 6.11. The fourth-order valence-electron chi connectivity index (χ4n) is 3.47. The molecule has 0 bridgehead atoms. The van der Waals surface area contributed by atoms with Crippen LogP contribution in [0.1, 0.15) is 89.7 Å². The Morgan fingerprint density at radius 2 is 1.52 bits per heavy atom. The molecular weight excluding hydrogens is 457 g/mol. The summed E-state index contributed by atoms with van der Waals surface area (Å²) >= 11 is 18.0. The second-order valence-electron chi connectivity index (χ2n) is 8.48. The highest BCUT2D eigenvalue weighted by molar-refractivity contribution is 6.57. The molecule has 1 N–H and O–H groups in total. The lowest BCUT2D eigenvalue weighted by atomic mass is 9.98. The molecule has 0 saturated heterocycles. The summed E-state index contributed by atoms with van der Waals surface area (Å²) in [5, 5.41) is 3.88. The fourth-order valence-corrected chi connectivity index (χ4v) is 4.02. The molecule has 31 heavy (non-hydrogen) atoms. The highest BCUT2D eigenvalue weighted by Crippen LogP contribution is 2.29. The van der Waals surface area contributed by atoms with Gasteiger partial charge in [-0.25, -0.2) is 4.79 Å². The highest BCUT2D eigenvalue weighted by atomic mass is 35.5. The maximum atomic E-state index is 12.3. The van der Waals surface area contributed by atoms with E-state index in [0.29, 0.717) is 23.8 Å². The molecule has 1 atom stereocenters. The van der Waals surface area contributed by atoms with Gasteiger partial charge in [0.2, 0.25) is 10.2 Å². The standard InChI is InChI=1S/C24H36Cl3NO3/c1-18(2)17-22(29)28-21(19-12-14-20(25)15-13-19)11-9-7-5-4-6-8-10-16-24(26,27)23(30)31-3/h12-15,18,21H,4-11,16-17H2,1-3H3,(H,28,29). The van der Waals surface area contributed by atoms with Crippen LogP contribution in [0.15, 0.2) is 24.3 Å². The Hall–Kier alpha value is -0.970. The van der Waals surface area contributed by atoms with Crippen LogP contribution >= 0.6 is 34.8 Å². The Balaban J connectivity index is 2.31. The van der Waals surface area contributed by atoms with Crippen molar-refractivity contribution in [1.82, 2.24) is 5.32 Å². The average Bonchev–Trinajstić information content (AvgIpc) is 2.71. The zero-order valence-electron chi connectivity index (χ0n) is 18.9. The minimum absolute atomic E-state index is 0.0161. The van der Waals surface area contributed by atoms with Gasteiger partial charge in [0.1, 0.15) is 0 Å². The third kappa shape index (κ3) is 12.0. The van der Waals surface area contributed by atoms with Crippen molar-refractivity contribution in [2.75, 3.05) is 7.11 Å². The molecule has 0 saturated carbocycles. The first-order valence-electron chi connectivity index (χ1n) is 11.2. The van der Waals surface area contributed by atoms with E-state index in [1.54, 1.807) is 0 Å². The molecule has 0 aliphatic carbocycles. The minimum atomic E-state index is -1.44. The number of alkyl halides is 2. The first-order valence-corrected chi connectivity index (χ1v) is 12.3. The number of hydrogen-bond donors (Lipinski definition) is 1. The molecule has 4 nitrogen and oxygen atoms in total. The van der Waals surface area contributed by atoms with Gasteiger partial charge >= 0.3 is 5.97 Å². The van der Waals surface area contributed by atoms with E-state index in [9.17, 15) is 9.59 Å². The van der Waals surface area contributed by atoms with Gasteiger partial charge < -0.3 is 10.1 Å². The van der Waals surface area contributed by atoms with Crippen molar-refractivity contribution in [3.8, 4) is 0 Å². The van der Waals surface area contributed by atoms with Crippen molar-refractivity contribution in [3.05, 3.63) is 34.9 Å². The summed E-state index contributed by atoms with van der Waals surface area (Å²) in [5.74, 6) is -0.163. The van der Waals surface area contributed by atoms with E-state index >= 15 is 0 Å². The van der Waals surface area contributed by atoms with Crippen LogP contribution < -0.4 is 5.32 Å². The van der Waals surface area contributed by atoms with Gasteiger partial charge in [0.15, 0.2) is 0 Å².